The molecule has 0 saturated carbocycles. The van der Waals surface area contributed by atoms with Crippen molar-refractivity contribution in [1.29, 1.82) is 0 Å². The Labute approximate surface area is 92.5 Å². The van der Waals surface area contributed by atoms with Gasteiger partial charge >= 0.3 is 0 Å². The lowest BCUT2D eigenvalue weighted by molar-refractivity contribution is -0.0388. The Bertz CT molecular complexity index is 339. The van der Waals surface area contributed by atoms with Crippen molar-refractivity contribution in [3.05, 3.63) is 21.3 Å². The van der Waals surface area contributed by atoms with E-state index in [0.29, 0.717) is 10.8 Å². The van der Waals surface area contributed by atoms with Gasteiger partial charge in [0.2, 0.25) is 0 Å². The van der Waals surface area contributed by atoms with Gasteiger partial charge in [-0.1, -0.05) is 11.6 Å². The maximum atomic E-state index is 10.5. The van der Waals surface area contributed by atoms with Crippen LogP contribution in [0.25, 0.3) is 0 Å². The normalized spacial score (nSPS) is 37.7. The first-order valence-electron chi connectivity index (χ1n) is 4.65. The van der Waals surface area contributed by atoms with E-state index in [0.717, 1.165) is 5.56 Å². The number of hydrogen-bond donors (Lipinski definition) is 1. The van der Waals surface area contributed by atoms with Crippen molar-refractivity contribution in [2.24, 2.45) is 0 Å². The van der Waals surface area contributed by atoms with Gasteiger partial charge in [0.25, 0.3) is 0 Å². The summed E-state index contributed by atoms with van der Waals surface area (Å²) < 4.78 is 6.22. The van der Waals surface area contributed by atoms with Crippen molar-refractivity contribution in [1.82, 2.24) is 0 Å². The molecule has 78 valence electrons. The predicted octanol–water partition coefficient (Wildman–Crippen LogP) is 2.79. The summed E-state index contributed by atoms with van der Waals surface area (Å²) in [5.41, 5.74) is -0.0998. The van der Waals surface area contributed by atoms with Crippen LogP contribution in [0.4, 0.5) is 0 Å². The molecule has 1 saturated heterocycles. The molecule has 0 radical (unpaired) electrons. The first kappa shape index (κ1) is 10.4. The molecule has 2 heterocycles. The van der Waals surface area contributed by atoms with Gasteiger partial charge in [-0.3, -0.25) is 0 Å². The van der Waals surface area contributed by atoms with Crippen molar-refractivity contribution in [2.75, 3.05) is 0 Å². The van der Waals surface area contributed by atoms with E-state index in [2.05, 4.69) is 0 Å². The molecule has 1 N–H and O–H groups in total. The SMILES string of the molecule is CC1CC(O)(c2ccsc2Cl)C(C)O1. The Kier molecular flexibility index (Phi) is 2.60. The Balaban J connectivity index is 2.37. The molecule has 0 bridgehead atoms. The maximum absolute atomic E-state index is 10.5. The first-order chi connectivity index (χ1) is 6.54. The first-order valence-corrected chi connectivity index (χ1v) is 5.91. The van der Waals surface area contributed by atoms with Crippen LogP contribution in [0.15, 0.2) is 11.4 Å². The van der Waals surface area contributed by atoms with E-state index in [1.165, 1.54) is 11.3 Å². The van der Waals surface area contributed by atoms with Crippen molar-refractivity contribution in [2.45, 2.75) is 38.1 Å². The van der Waals surface area contributed by atoms with Gasteiger partial charge in [-0.2, -0.15) is 0 Å². The van der Waals surface area contributed by atoms with E-state index < -0.39 is 5.60 Å². The van der Waals surface area contributed by atoms with Gasteiger partial charge in [-0.25, -0.2) is 0 Å². The van der Waals surface area contributed by atoms with Crippen LogP contribution in [0.2, 0.25) is 4.34 Å². The third kappa shape index (κ3) is 1.48. The van der Waals surface area contributed by atoms with Crippen LogP contribution in [0.3, 0.4) is 0 Å². The molecule has 1 aromatic rings. The van der Waals surface area contributed by atoms with Gasteiger partial charge < -0.3 is 9.84 Å². The predicted molar refractivity (Wildman–Crippen MR) is 57.9 cm³/mol. The Hall–Kier alpha value is -0.0900. The number of thiophene rings is 1. The van der Waals surface area contributed by atoms with Crippen molar-refractivity contribution in [3.8, 4) is 0 Å². The van der Waals surface area contributed by atoms with Crippen LogP contribution < -0.4 is 0 Å². The lowest BCUT2D eigenvalue weighted by Gasteiger charge is -2.25. The standard InChI is InChI=1S/C10H13ClO2S/c1-6-5-10(12,7(2)13-6)8-3-4-14-9(8)11/h3-4,6-7,12H,5H2,1-2H3. The van der Waals surface area contributed by atoms with E-state index in [1.807, 2.05) is 25.3 Å². The van der Waals surface area contributed by atoms with Crippen molar-refractivity contribution >= 4 is 22.9 Å². The summed E-state index contributed by atoms with van der Waals surface area (Å²) in [4.78, 5) is 0. The monoisotopic (exact) mass is 232 g/mol. The molecule has 0 amide bonds. The van der Waals surface area contributed by atoms with Crippen LogP contribution in [-0.4, -0.2) is 17.3 Å². The number of aliphatic hydroxyl groups is 1. The Morgan fingerprint density at radius 3 is 2.79 bits per heavy atom. The Morgan fingerprint density at radius 2 is 2.36 bits per heavy atom. The van der Waals surface area contributed by atoms with Crippen LogP contribution in [-0.2, 0) is 10.3 Å². The average Bonchev–Trinajstić information content (AvgIpc) is 2.59. The summed E-state index contributed by atoms with van der Waals surface area (Å²) in [5.74, 6) is 0. The largest absolute Gasteiger partial charge is 0.382 e. The number of halogens is 1. The minimum absolute atomic E-state index is 0.0889. The molecular weight excluding hydrogens is 220 g/mol. The summed E-state index contributed by atoms with van der Waals surface area (Å²) in [6, 6.07) is 1.88. The van der Waals surface area contributed by atoms with E-state index >= 15 is 0 Å². The summed E-state index contributed by atoms with van der Waals surface area (Å²) in [6.07, 6.45) is 0.514. The van der Waals surface area contributed by atoms with Crippen molar-refractivity contribution < 1.29 is 9.84 Å². The van der Waals surface area contributed by atoms with Gasteiger partial charge in [0, 0.05) is 12.0 Å². The van der Waals surface area contributed by atoms with E-state index in [-0.39, 0.29) is 12.2 Å². The number of rotatable bonds is 1. The molecule has 4 heteroatoms. The minimum Gasteiger partial charge on any atom is -0.382 e. The molecule has 0 aromatic carbocycles. The lowest BCUT2D eigenvalue weighted by Crippen LogP contribution is -2.32. The summed E-state index contributed by atoms with van der Waals surface area (Å²) >= 11 is 7.47. The maximum Gasteiger partial charge on any atom is 0.120 e. The summed E-state index contributed by atoms with van der Waals surface area (Å²) in [5, 5.41) is 12.4. The Morgan fingerprint density at radius 1 is 1.64 bits per heavy atom. The van der Waals surface area contributed by atoms with Gasteiger partial charge in [0.15, 0.2) is 0 Å². The second-order valence-corrected chi connectivity index (χ2v) is 5.34. The van der Waals surface area contributed by atoms with Crippen molar-refractivity contribution in [3.63, 3.8) is 0 Å². The fourth-order valence-electron chi connectivity index (χ4n) is 2.05. The fraction of sp³-hybridized carbons (Fsp3) is 0.600. The third-order valence-electron chi connectivity index (χ3n) is 2.79. The van der Waals surface area contributed by atoms with E-state index in [4.69, 9.17) is 16.3 Å². The molecule has 2 rings (SSSR count). The molecule has 0 aliphatic carbocycles. The van der Waals surface area contributed by atoms with Gasteiger partial charge in [0.1, 0.15) is 5.60 Å². The highest BCUT2D eigenvalue weighted by Gasteiger charge is 2.45. The summed E-state index contributed by atoms with van der Waals surface area (Å²) in [6.45, 7) is 3.85. The lowest BCUT2D eigenvalue weighted by atomic mass is 9.88. The number of ether oxygens (including phenoxy) is 1. The molecule has 1 aromatic heterocycles. The molecule has 2 nitrogen and oxygen atoms in total. The summed E-state index contributed by atoms with van der Waals surface area (Å²) in [7, 11) is 0. The average molecular weight is 233 g/mol. The smallest absolute Gasteiger partial charge is 0.120 e. The molecule has 3 unspecified atom stereocenters. The third-order valence-corrected chi connectivity index (χ3v) is 3.96. The molecule has 14 heavy (non-hydrogen) atoms. The molecule has 1 fully saturated rings. The molecular formula is C10H13ClO2S. The fourth-order valence-corrected chi connectivity index (χ4v) is 3.12. The van der Waals surface area contributed by atoms with Crippen LogP contribution in [0.1, 0.15) is 25.8 Å². The molecule has 0 spiro atoms. The quantitative estimate of drug-likeness (QED) is 0.807. The molecule has 3 atom stereocenters. The zero-order chi connectivity index (χ0) is 10.3. The van der Waals surface area contributed by atoms with E-state index in [1.54, 1.807) is 0 Å². The van der Waals surface area contributed by atoms with Gasteiger partial charge in [-0.05, 0) is 25.3 Å². The zero-order valence-electron chi connectivity index (χ0n) is 8.16. The highest BCUT2D eigenvalue weighted by Crippen LogP contribution is 2.43. The van der Waals surface area contributed by atoms with Gasteiger partial charge in [-0.15, -0.1) is 11.3 Å². The zero-order valence-corrected chi connectivity index (χ0v) is 9.73. The molecule has 1 aliphatic rings. The minimum atomic E-state index is -0.906. The van der Waals surface area contributed by atoms with Crippen LogP contribution in [0, 0.1) is 0 Å². The second-order valence-electron chi connectivity index (χ2n) is 3.83. The molecule has 1 aliphatic heterocycles. The second kappa shape index (κ2) is 3.49. The number of hydrogen-bond acceptors (Lipinski definition) is 3. The highest BCUT2D eigenvalue weighted by atomic mass is 35.5. The van der Waals surface area contributed by atoms with E-state index in [9.17, 15) is 5.11 Å². The van der Waals surface area contributed by atoms with Crippen LogP contribution >= 0.6 is 22.9 Å². The topological polar surface area (TPSA) is 29.5 Å². The van der Waals surface area contributed by atoms with Gasteiger partial charge in [0.05, 0.1) is 16.5 Å². The highest BCUT2D eigenvalue weighted by molar-refractivity contribution is 7.14. The van der Waals surface area contributed by atoms with Crippen LogP contribution in [0.5, 0.6) is 0 Å².